The minimum atomic E-state index is -0.164. The van der Waals surface area contributed by atoms with Crippen molar-refractivity contribution in [3.8, 4) is 0 Å². The summed E-state index contributed by atoms with van der Waals surface area (Å²) in [5.74, 6) is 0. The SMILES string of the molecule is N=C(CO)Cc1ccncc1. The Balaban J connectivity index is 2.58. The second-order valence-corrected chi connectivity index (χ2v) is 2.29. The van der Waals surface area contributed by atoms with Crippen LogP contribution < -0.4 is 0 Å². The number of hydrogen-bond acceptors (Lipinski definition) is 3. The summed E-state index contributed by atoms with van der Waals surface area (Å²) in [4.78, 5) is 3.85. The number of rotatable bonds is 3. The molecule has 0 aliphatic carbocycles. The maximum atomic E-state index is 8.56. The summed E-state index contributed by atoms with van der Waals surface area (Å²) >= 11 is 0. The average molecular weight is 150 g/mol. The van der Waals surface area contributed by atoms with Gasteiger partial charge in [0.1, 0.15) is 0 Å². The minimum absolute atomic E-state index is 0.164. The molecule has 1 aromatic rings. The maximum absolute atomic E-state index is 8.56. The number of hydrogen-bond donors (Lipinski definition) is 2. The first-order valence-electron chi connectivity index (χ1n) is 3.39. The van der Waals surface area contributed by atoms with Crippen molar-refractivity contribution in [3.63, 3.8) is 0 Å². The topological polar surface area (TPSA) is 57.0 Å². The minimum Gasteiger partial charge on any atom is -0.390 e. The van der Waals surface area contributed by atoms with Gasteiger partial charge in [-0.2, -0.15) is 0 Å². The molecule has 1 rings (SSSR count). The van der Waals surface area contributed by atoms with Gasteiger partial charge in [0.05, 0.1) is 6.61 Å². The molecule has 0 fully saturated rings. The molecular weight excluding hydrogens is 140 g/mol. The van der Waals surface area contributed by atoms with E-state index in [4.69, 9.17) is 10.5 Å². The second kappa shape index (κ2) is 3.83. The van der Waals surface area contributed by atoms with Crippen LogP contribution in [0.2, 0.25) is 0 Å². The van der Waals surface area contributed by atoms with Crippen molar-refractivity contribution in [2.75, 3.05) is 6.61 Å². The van der Waals surface area contributed by atoms with Gasteiger partial charge in [0.2, 0.25) is 0 Å². The molecule has 0 aromatic carbocycles. The lowest BCUT2D eigenvalue weighted by Crippen LogP contribution is -2.05. The molecule has 3 heteroatoms. The first kappa shape index (κ1) is 7.88. The summed E-state index contributed by atoms with van der Waals surface area (Å²) in [7, 11) is 0. The lowest BCUT2D eigenvalue weighted by Gasteiger charge is -1.98. The molecule has 1 aromatic heterocycles. The highest BCUT2D eigenvalue weighted by Gasteiger charge is 1.95. The zero-order valence-corrected chi connectivity index (χ0v) is 6.12. The van der Waals surface area contributed by atoms with E-state index in [9.17, 15) is 0 Å². The fourth-order valence-corrected chi connectivity index (χ4v) is 0.803. The highest BCUT2D eigenvalue weighted by Crippen LogP contribution is 1.97. The van der Waals surface area contributed by atoms with E-state index in [1.165, 1.54) is 0 Å². The highest BCUT2D eigenvalue weighted by molar-refractivity contribution is 5.84. The van der Waals surface area contributed by atoms with E-state index in [1.807, 2.05) is 12.1 Å². The second-order valence-electron chi connectivity index (χ2n) is 2.29. The van der Waals surface area contributed by atoms with Crippen molar-refractivity contribution in [3.05, 3.63) is 30.1 Å². The molecule has 3 nitrogen and oxygen atoms in total. The van der Waals surface area contributed by atoms with Crippen LogP contribution in [0.1, 0.15) is 5.56 Å². The summed E-state index contributed by atoms with van der Waals surface area (Å²) in [6, 6.07) is 3.68. The fraction of sp³-hybridized carbons (Fsp3) is 0.250. The van der Waals surface area contributed by atoms with Crippen LogP contribution in [0.3, 0.4) is 0 Å². The smallest absolute Gasteiger partial charge is 0.0810 e. The van der Waals surface area contributed by atoms with Crippen molar-refractivity contribution in [2.24, 2.45) is 0 Å². The van der Waals surface area contributed by atoms with Gasteiger partial charge in [-0.25, -0.2) is 0 Å². The molecule has 0 atom stereocenters. The Hall–Kier alpha value is -1.22. The molecular formula is C8H10N2O. The molecule has 0 spiro atoms. The lowest BCUT2D eigenvalue weighted by molar-refractivity contribution is 0.354. The van der Waals surface area contributed by atoms with Gasteiger partial charge in [-0.15, -0.1) is 0 Å². The summed E-state index contributed by atoms with van der Waals surface area (Å²) in [5.41, 5.74) is 1.34. The Labute approximate surface area is 65.2 Å². The normalized spacial score (nSPS) is 9.55. The van der Waals surface area contributed by atoms with E-state index < -0.39 is 0 Å². The number of aromatic nitrogens is 1. The number of nitrogens with one attached hydrogen (secondary N) is 1. The highest BCUT2D eigenvalue weighted by atomic mass is 16.3. The van der Waals surface area contributed by atoms with Crippen LogP contribution in [0.25, 0.3) is 0 Å². The molecule has 0 amide bonds. The van der Waals surface area contributed by atoms with E-state index >= 15 is 0 Å². The quantitative estimate of drug-likeness (QED) is 0.621. The molecule has 0 bridgehead atoms. The van der Waals surface area contributed by atoms with Crippen molar-refractivity contribution in [1.29, 1.82) is 5.41 Å². The summed E-state index contributed by atoms with van der Waals surface area (Å²) in [6.45, 7) is -0.164. The third-order valence-electron chi connectivity index (χ3n) is 1.36. The molecule has 11 heavy (non-hydrogen) atoms. The molecule has 0 unspecified atom stereocenters. The lowest BCUT2D eigenvalue weighted by atomic mass is 10.1. The molecule has 2 N–H and O–H groups in total. The van der Waals surface area contributed by atoms with Gasteiger partial charge in [0.15, 0.2) is 0 Å². The number of pyridine rings is 1. The summed E-state index contributed by atoms with van der Waals surface area (Å²) < 4.78 is 0. The third kappa shape index (κ3) is 2.47. The zero-order valence-electron chi connectivity index (χ0n) is 6.12. The third-order valence-corrected chi connectivity index (χ3v) is 1.36. The number of aliphatic hydroxyl groups excluding tert-OH is 1. The Kier molecular flexibility index (Phi) is 2.74. The molecule has 0 saturated heterocycles. The van der Waals surface area contributed by atoms with Crippen LogP contribution in [0.4, 0.5) is 0 Å². The molecule has 0 radical (unpaired) electrons. The van der Waals surface area contributed by atoms with Crippen molar-refractivity contribution in [1.82, 2.24) is 4.98 Å². The van der Waals surface area contributed by atoms with E-state index in [0.717, 1.165) is 5.56 Å². The van der Waals surface area contributed by atoms with Crippen LogP contribution in [-0.2, 0) is 6.42 Å². The molecule has 0 saturated carbocycles. The fourth-order valence-electron chi connectivity index (χ4n) is 0.803. The van der Waals surface area contributed by atoms with E-state index in [1.54, 1.807) is 12.4 Å². The van der Waals surface area contributed by atoms with E-state index in [-0.39, 0.29) is 6.61 Å². The van der Waals surface area contributed by atoms with Gasteiger partial charge in [0, 0.05) is 24.5 Å². The molecule has 1 heterocycles. The Morgan fingerprint density at radius 2 is 2.09 bits per heavy atom. The van der Waals surface area contributed by atoms with E-state index in [0.29, 0.717) is 12.1 Å². The maximum Gasteiger partial charge on any atom is 0.0810 e. The largest absolute Gasteiger partial charge is 0.390 e. The van der Waals surface area contributed by atoms with Gasteiger partial charge >= 0.3 is 0 Å². The van der Waals surface area contributed by atoms with Crippen molar-refractivity contribution < 1.29 is 5.11 Å². The van der Waals surface area contributed by atoms with Gasteiger partial charge in [0.25, 0.3) is 0 Å². The van der Waals surface area contributed by atoms with Crippen LogP contribution in [0.15, 0.2) is 24.5 Å². The molecule has 0 aliphatic heterocycles. The molecule has 58 valence electrons. The predicted octanol–water partition coefficient (Wildman–Crippen LogP) is 0.636. The van der Waals surface area contributed by atoms with Gasteiger partial charge in [-0.05, 0) is 17.7 Å². The molecule has 0 aliphatic rings. The van der Waals surface area contributed by atoms with Crippen molar-refractivity contribution >= 4 is 5.71 Å². The van der Waals surface area contributed by atoms with Crippen molar-refractivity contribution in [2.45, 2.75) is 6.42 Å². The van der Waals surface area contributed by atoms with Gasteiger partial charge < -0.3 is 10.5 Å². The zero-order chi connectivity index (χ0) is 8.10. The standard InChI is InChI=1S/C8H10N2O/c9-8(6-11)5-7-1-3-10-4-2-7/h1-4,9,11H,5-6H2. The first-order chi connectivity index (χ1) is 5.33. The summed E-state index contributed by atoms with van der Waals surface area (Å²) in [5, 5.41) is 15.8. The van der Waals surface area contributed by atoms with Crippen LogP contribution in [-0.4, -0.2) is 22.4 Å². The predicted molar refractivity (Wildman–Crippen MR) is 42.8 cm³/mol. The van der Waals surface area contributed by atoms with Crippen LogP contribution >= 0.6 is 0 Å². The Bertz CT molecular complexity index is 233. The van der Waals surface area contributed by atoms with Crippen LogP contribution in [0.5, 0.6) is 0 Å². The van der Waals surface area contributed by atoms with Gasteiger partial charge in [-0.3, -0.25) is 4.98 Å². The number of aliphatic hydroxyl groups is 1. The average Bonchev–Trinajstić information content (AvgIpc) is 2.06. The van der Waals surface area contributed by atoms with E-state index in [2.05, 4.69) is 4.98 Å². The van der Waals surface area contributed by atoms with Crippen LogP contribution in [0, 0.1) is 5.41 Å². The van der Waals surface area contributed by atoms with Gasteiger partial charge in [-0.1, -0.05) is 0 Å². The Morgan fingerprint density at radius 1 is 1.45 bits per heavy atom. The first-order valence-corrected chi connectivity index (χ1v) is 3.39. The monoisotopic (exact) mass is 150 g/mol. The Morgan fingerprint density at radius 3 is 2.64 bits per heavy atom. The number of nitrogens with zero attached hydrogens (tertiary/aromatic N) is 1. The summed E-state index contributed by atoms with van der Waals surface area (Å²) in [6.07, 6.45) is 3.87.